The van der Waals surface area contributed by atoms with E-state index in [9.17, 15) is 9.59 Å². The summed E-state index contributed by atoms with van der Waals surface area (Å²) in [7, 11) is 0. The van der Waals surface area contributed by atoms with Gasteiger partial charge in [0.15, 0.2) is 0 Å². The summed E-state index contributed by atoms with van der Waals surface area (Å²) in [5.41, 5.74) is 0. The van der Waals surface area contributed by atoms with Gasteiger partial charge >= 0.3 is 6.09 Å². The lowest BCUT2D eigenvalue weighted by molar-refractivity contribution is -0.131. The van der Waals surface area contributed by atoms with Crippen LogP contribution in [0.4, 0.5) is 4.79 Å². The minimum atomic E-state index is -0.667. The van der Waals surface area contributed by atoms with Gasteiger partial charge in [0.1, 0.15) is 13.2 Å². The van der Waals surface area contributed by atoms with Gasteiger partial charge in [-0.3, -0.25) is 4.79 Å². The zero-order chi connectivity index (χ0) is 11.8. The Morgan fingerprint density at radius 3 is 2.56 bits per heavy atom. The summed E-state index contributed by atoms with van der Waals surface area (Å²) in [4.78, 5) is 24.3. The van der Waals surface area contributed by atoms with Crippen molar-refractivity contribution in [2.24, 2.45) is 0 Å². The Bertz CT molecular complexity index is 239. The van der Waals surface area contributed by atoms with Gasteiger partial charge in [0.05, 0.1) is 6.61 Å². The van der Waals surface area contributed by atoms with Crippen LogP contribution in [0.25, 0.3) is 0 Å². The van der Waals surface area contributed by atoms with E-state index >= 15 is 0 Å². The van der Waals surface area contributed by atoms with Gasteiger partial charge in [0.25, 0.3) is 0 Å². The summed E-state index contributed by atoms with van der Waals surface area (Å²) >= 11 is 0. The van der Waals surface area contributed by atoms with Gasteiger partial charge in [-0.15, -0.1) is 0 Å². The van der Waals surface area contributed by atoms with Gasteiger partial charge < -0.3 is 20.1 Å². The molecular formula is C10H18N2O4. The average Bonchev–Trinajstić information content (AvgIpc) is 2.34. The van der Waals surface area contributed by atoms with E-state index in [-0.39, 0.29) is 25.7 Å². The summed E-state index contributed by atoms with van der Waals surface area (Å²) in [6, 6.07) is 0. The highest BCUT2D eigenvalue weighted by molar-refractivity contribution is 5.82. The van der Waals surface area contributed by atoms with Gasteiger partial charge in [-0.1, -0.05) is 0 Å². The third-order valence-corrected chi connectivity index (χ3v) is 2.42. The molecule has 1 aliphatic rings. The second kappa shape index (κ2) is 7.05. The molecule has 1 saturated heterocycles. The molecule has 0 atom stereocenters. The molecule has 2 amide bonds. The van der Waals surface area contributed by atoms with E-state index in [0.717, 1.165) is 32.4 Å². The van der Waals surface area contributed by atoms with Gasteiger partial charge in [-0.05, 0) is 19.3 Å². The molecule has 92 valence electrons. The summed E-state index contributed by atoms with van der Waals surface area (Å²) in [5.74, 6) is -0.0827. The van der Waals surface area contributed by atoms with Crippen molar-refractivity contribution >= 4 is 12.0 Å². The van der Waals surface area contributed by atoms with E-state index in [1.807, 2.05) is 0 Å². The van der Waals surface area contributed by atoms with Crippen LogP contribution < -0.4 is 5.32 Å². The number of likely N-dealkylation sites (tertiary alicyclic amines) is 1. The van der Waals surface area contributed by atoms with Crippen LogP contribution in [0.2, 0.25) is 0 Å². The Labute approximate surface area is 94.6 Å². The van der Waals surface area contributed by atoms with Gasteiger partial charge in [-0.2, -0.15) is 0 Å². The lowest BCUT2D eigenvalue weighted by atomic mass is 10.1. The molecule has 0 aromatic heterocycles. The van der Waals surface area contributed by atoms with E-state index < -0.39 is 6.09 Å². The van der Waals surface area contributed by atoms with E-state index in [1.165, 1.54) is 0 Å². The SMILES string of the molecule is O=C(NCC(=O)N1CCCCC1)OCCO. The van der Waals surface area contributed by atoms with Crippen molar-refractivity contribution in [2.75, 3.05) is 32.8 Å². The van der Waals surface area contributed by atoms with Crippen LogP contribution in [0.15, 0.2) is 0 Å². The molecule has 1 aliphatic heterocycles. The molecule has 1 rings (SSSR count). The normalized spacial score (nSPS) is 15.7. The largest absolute Gasteiger partial charge is 0.447 e. The minimum absolute atomic E-state index is 0.0374. The van der Waals surface area contributed by atoms with Crippen LogP contribution in [-0.2, 0) is 9.53 Å². The lowest BCUT2D eigenvalue weighted by Gasteiger charge is -2.26. The molecule has 1 fully saturated rings. The highest BCUT2D eigenvalue weighted by Gasteiger charge is 2.16. The van der Waals surface area contributed by atoms with Crippen LogP contribution in [-0.4, -0.2) is 54.9 Å². The van der Waals surface area contributed by atoms with Crippen molar-refractivity contribution in [1.29, 1.82) is 0 Å². The number of nitrogens with one attached hydrogen (secondary N) is 1. The number of aliphatic hydroxyl groups is 1. The first kappa shape index (κ1) is 12.8. The minimum Gasteiger partial charge on any atom is -0.447 e. The van der Waals surface area contributed by atoms with E-state index in [0.29, 0.717) is 0 Å². The molecule has 0 saturated carbocycles. The van der Waals surface area contributed by atoms with Crippen molar-refractivity contribution < 1.29 is 19.4 Å². The number of nitrogens with zero attached hydrogens (tertiary/aromatic N) is 1. The predicted octanol–water partition coefficient (Wildman–Crippen LogP) is -0.283. The smallest absolute Gasteiger partial charge is 0.407 e. The summed E-state index contributed by atoms with van der Waals surface area (Å²) < 4.78 is 4.56. The monoisotopic (exact) mass is 230 g/mol. The first-order valence-electron chi connectivity index (χ1n) is 5.53. The van der Waals surface area contributed by atoms with E-state index in [4.69, 9.17) is 5.11 Å². The molecule has 1 heterocycles. The number of ether oxygens (including phenoxy) is 1. The molecule has 0 aliphatic carbocycles. The van der Waals surface area contributed by atoms with Crippen LogP contribution in [0.3, 0.4) is 0 Å². The fourth-order valence-electron chi connectivity index (χ4n) is 1.59. The predicted molar refractivity (Wildman–Crippen MR) is 56.9 cm³/mol. The zero-order valence-electron chi connectivity index (χ0n) is 9.28. The second-order valence-electron chi connectivity index (χ2n) is 3.65. The Hall–Kier alpha value is -1.30. The summed E-state index contributed by atoms with van der Waals surface area (Å²) in [5, 5.41) is 10.8. The van der Waals surface area contributed by atoms with Crippen molar-refractivity contribution in [3.63, 3.8) is 0 Å². The number of hydrogen-bond donors (Lipinski definition) is 2. The molecule has 6 nitrogen and oxygen atoms in total. The number of hydrogen-bond acceptors (Lipinski definition) is 4. The maximum atomic E-state index is 11.6. The number of amides is 2. The highest BCUT2D eigenvalue weighted by Crippen LogP contribution is 2.08. The first-order chi connectivity index (χ1) is 7.74. The number of piperidine rings is 1. The average molecular weight is 230 g/mol. The van der Waals surface area contributed by atoms with Crippen LogP contribution in [0.1, 0.15) is 19.3 Å². The van der Waals surface area contributed by atoms with Crippen LogP contribution in [0.5, 0.6) is 0 Å². The molecule has 0 unspecified atom stereocenters. The van der Waals surface area contributed by atoms with Crippen LogP contribution in [0, 0.1) is 0 Å². The van der Waals surface area contributed by atoms with Gasteiger partial charge in [-0.25, -0.2) is 4.79 Å². The Morgan fingerprint density at radius 2 is 1.94 bits per heavy atom. The Balaban J connectivity index is 2.15. The topological polar surface area (TPSA) is 78.9 Å². The molecule has 0 radical (unpaired) electrons. The van der Waals surface area contributed by atoms with Crippen molar-refractivity contribution in [3.05, 3.63) is 0 Å². The number of alkyl carbamates (subject to hydrolysis) is 1. The third-order valence-electron chi connectivity index (χ3n) is 2.42. The van der Waals surface area contributed by atoms with Crippen LogP contribution >= 0.6 is 0 Å². The fourth-order valence-corrected chi connectivity index (χ4v) is 1.59. The van der Waals surface area contributed by atoms with Gasteiger partial charge in [0.2, 0.25) is 5.91 Å². The first-order valence-corrected chi connectivity index (χ1v) is 5.53. The fraction of sp³-hybridized carbons (Fsp3) is 0.800. The standard InChI is InChI=1S/C10H18N2O4/c13-6-7-16-10(15)11-8-9(14)12-4-2-1-3-5-12/h13H,1-8H2,(H,11,15). The van der Waals surface area contributed by atoms with Gasteiger partial charge in [0, 0.05) is 13.1 Å². The van der Waals surface area contributed by atoms with Crippen molar-refractivity contribution in [2.45, 2.75) is 19.3 Å². The molecule has 0 aromatic rings. The third kappa shape index (κ3) is 4.48. The maximum absolute atomic E-state index is 11.6. The number of carbonyl (C=O) groups excluding carboxylic acids is 2. The summed E-state index contributed by atoms with van der Waals surface area (Å²) in [6.07, 6.45) is 2.55. The Morgan fingerprint density at radius 1 is 1.25 bits per heavy atom. The zero-order valence-corrected chi connectivity index (χ0v) is 9.28. The molecule has 0 aromatic carbocycles. The molecular weight excluding hydrogens is 212 g/mol. The molecule has 0 spiro atoms. The number of rotatable bonds is 4. The second-order valence-corrected chi connectivity index (χ2v) is 3.65. The molecule has 0 bridgehead atoms. The molecule has 6 heteroatoms. The maximum Gasteiger partial charge on any atom is 0.407 e. The van der Waals surface area contributed by atoms with Crippen molar-refractivity contribution in [3.8, 4) is 0 Å². The van der Waals surface area contributed by atoms with E-state index in [1.54, 1.807) is 4.90 Å². The number of carbonyl (C=O) groups is 2. The van der Waals surface area contributed by atoms with E-state index in [2.05, 4.69) is 10.1 Å². The molecule has 2 N–H and O–H groups in total. The summed E-state index contributed by atoms with van der Waals surface area (Å²) in [6.45, 7) is 1.24. The lowest BCUT2D eigenvalue weighted by Crippen LogP contribution is -2.42. The Kier molecular flexibility index (Phi) is 5.63. The molecule has 16 heavy (non-hydrogen) atoms. The quantitative estimate of drug-likeness (QED) is 0.696. The highest BCUT2D eigenvalue weighted by atomic mass is 16.6. The van der Waals surface area contributed by atoms with Crippen molar-refractivity contribution in [1.82, 2.24) is 10.2 Å². The number of aliphatic hydroxyl groups excluding tert-OH is 1.